The molecule has 106 valence electrons. The molecule has 0 aromatic rings. The Kier molecular flexibility index (Phi) is 7.33. The van der Waals surface area contributed by atoms with Gasteiger partial charge >= 0.3 is 0 Å². The van der Waals surface area contributed by atoms with Crippen molar-refractivity contribution in [2.45, 2.75) is 51.9 Å². The van der Waals surface area contributed by atoms with E-state index in [1.165, 1.54) is 32.1 Å². The molecule has 0 radical (unpaired) electrons. The van der Waals surface area contributed by atoms with Gasteiger partial charge in [0.25, 0.3) is 0 Å². The monoisotopic (exact) mass is 254 g/mol. The van der Waals surface area contributed by atoms with E-state index >= 15 is 0 Å². The highest BCUT2D eigenvalue weighted by atomic mass is 16.2. The molecular formula is C15H30N2O. The summed E-state index contributed by atoms with van der Waals surface area (Å²) in [6, 6.07) is 0. The highest BCUT2D eigenvalue weighted by Gasteiger charge is 2.27. The van der Waals surface area contributed by atoms with Gasteiger partial charge in [-0.2, -0.15) is 0 Å². The quantitative estimate of drug-likeness (QED) is 0.757. The number of hydrogen-bond acceptors (Lipinski definition) is 2. The summed E-state index contributed by atoms with van der Waals surface area (Å²) >= 11 is 0. The largest absolute Gasteiger partial charge is 0.344 e. The molecule has 18 heavy (non-hydrogen) atoms. The second-order valence-electron chi connectivity index (χ2n) is 5.72. The Morgan fingerprint density at radius 3 is 2.50 bits per heavy atom. The zero-order valence-electron chi connectivity index (χ0n) is 12.4. The van der Waals surface area contributed by atoms with Crippen molar-refractivity contribution < 1.29 is 4.79 Å². The lowest BCUT2D eigenvalue weighted by atomic mass is 9.79. The highest BCUT2D eigenvalue weighted by Crippen LogP contribution is 2.32. The number of carbonyl (C=O) groups is 1. The average Bonchev–Trinajstić information content (AvgIpc) is 2.42. The molecule has 0 atom stereocenters. The van der Waals surface area contributed by atoms with Crippen LogP contribution in [0, 0.1) is 11.8 Å². The van der Waals surface area contributed by atoms with Gasteiger partial charge in [-0.15, -0.1) is 0 Å². The summed E-state index contributed by atoms with van der Waals surface area (Å²) in [6.45, 7) is 3.96. The maximum atomic E-state index is 12.2. The number of nitrogens with zero attached hydrogens (tertiary/aromatic N) is 1. The minimum absolute atomic E-state index is 0.296. The molecule has 1 fully saturated rings. The molecular weight excluding hydrogens is 224 g/mol. The molecule has 0 heterocycles. The third-order valence-corrected chi connectivity index (χ3v) is 4.24. The number of unbranched alkanes of at least 4 members (excludes halogenated alkanes) is 1. The zero-order chi connectivity index (χ0) is 13.4. The minimum Gasteiger partial charge on any atom is -0.344 e. The Hall–Kier alpha value is -0.570. The summed E-state index contributed by atoms with van der Waals surface area (Å²) in [6.07, 6.45) is 8.75. The van der Waals surface area contributed by atoms with Crippen molar-refractivity contribution in [2.24, 2.45) is 11.8 Å². The molecule has 1 N–H and O–H groups in total. The summed E-state index contributed by atoms with van der Waals surface area (Å²) in [5.41, 5.74) is 0. The lowest BCUT2D eigenvalue weighted by Crippen LogP contribution is -2.38. The van der Waals surface area contributed by atoms with E-state index in [-0.39, 0.29) is 0 Å². The standard InChI is InChI=1S/C15H30N2O/c1-4-5-6-13-7-9-14(10-8-13)15(18)17(3)12-11-16-2/h13-14,16H,4-12H2,1-3H3. The van der Waals surface area contributed by atoms with Gasteiger partial charge in [0.2, 0.25) is 5.91 Å². The number of nitrogens with one attached hydrogen (secondary N) is 1. The smallest absolute Gasteiger partial charge is 0.225 e. The molecule has 1 aliphatic rings. The van der Waals surface area contributed by atoms with E-state index in [1.54, 1.807) is 0 Å². The molecule has 3 nitrogen and oxygen atoms in total. The first-order valence-electron chi connectivity index (χ1n) is 7.58. The van der Waals surface area contributed by atoms with Gasteiger partial charge in [0, 0.05) is 26.1 Å². The van der Waals surface area contributed by atoms with E-state index in [9.17, 15) is 4.79 Å². The van der Waals surface area contributed by atoms with Gasteiger partial charge in [-0.05, 0) is 38.6 Å². The van der Waals surface area contributed by atoms with Gasteiger partial charge in [-0.3, -0.25) is 4.79 Å². The van der Waals surface area contributed by atoms with Gasteiger partial charge in [0.05, 0.1) is 0 Å². The molecule has 1 saturated carbocycles. The van der Waals surface area contributed by atoms with Crippen molar-refractivity contribution >= 4 is 5.91 Å². The van der Waals surface area contributed by atoms with Crippen molar-refractivity contribution in [3.63, 3.8) is 0 Å². The van der Waals surface area contributed by atoms with E-state index in [0.717, 1.165) is 31.8 Å². The van der Waals surface area contributed by atoms with Crippen LogP contribution in [0.25, 0.3) is 0 Å². The topological polar surface area (TPSA) is 32.3 Å². The summed E-state index contributed by atoms with van der Waals surface area (Å²) in [7, 11) is 3.86. The first-order chi connectivity index (χ1) is 8.69. The number of likely N-dealkylation sites (N-methyl/N-ethyl adjacent to an activating group) is 2. The fourth-order valence-electron chi connectivity index (χ4n) is 2.89. The van der Waals surface area contributed by atoms with Crippen molar-refractivity contribution in [2.75, 3.05) is 27.2 Å². The minimum atomic E-state index is 0.296. The fourth-order valence-corrected chi connectivity index (χ4v) is 2.89. The molecule has 0 aliphatic heterocycles. The summed E-state index contributed by atoms with van der Waals surface area (Å²) in [5, 5.41) is 3.09. The van der Waals surface area contributed by atoms with Crippen LogP contribution in [0.2, 0.25) is 0 Å². The number of hydrogen-bond donors (Lipinski definition) is 1. The second-order valence-corrected chi connectivity index (χ2v) is 5.72. The maximum absolute atomic E-state index is 12.2. The van der Waals surface area contributed by atoms with Crippen LogP contribution in [-0.4, -0.2) is 38.0 Å². The van der Waals surface area contributed by atoms with E-state index in [1.807, 2.05) is 19.0 Å². The molecule has 0 unspecified atom stereocenters. The van der Waals surface area contributed by atoms with Gasteiger partial charge < -0.3 is 10.2 Å². The molecule has 1 rings (SSSR count). The van der Waals surface area contributed by atoms with Crippen LogP contribution in [-0.2, 0) is 4.79 Å². The molecule has 1 aliphatic carbocycles. The normalized spacial score (nSPS) is 23.9. The van der Waals surface area contributed by atoms with Gasteiger partial charge in [0.15, 0.2) is 0 Å². The van der Waals surface area contributed by atoms with Crippen molar-refractivity contribution in [3.8, 4) is 0 Å². The Labute approximate surface area is 112 Å². The average molecular weight is 254 g/mol. The first kappa shape index (κ1) is 15.5. The van der Waals surface area contributed by atoms with Crippen LogP contribution >= 0.6 is 0 Å². The fraction of sp³-hybridized carbons (Fsp3) is 0.933. The van der Waals surface area contributed by atoms with Crippen molar-refractivity contribution in [3.05, 3.63) is 0 Å². The lowest BCUT2D eigenvalue weighted by Gasteiger charge is -2.30. The first-order valence-corrected chi connectivity index (χ1v) is 7.58. The third kappa shape index (κ3) is 4.97. The van der Waals surface area contributed by atoms with E-state index in [2.05, 4.69) is 12.2 Å². The van der Waals surface area contributed by atoms with Crippen LogP contribution in [0.15, 0.2) is 0 Å². The Balaban J connectivity index is 2.26. The zero-order valence-corrected chi connectivity index (χ0v) is 12.4. The van der Waals surface area contributed by atoms with E-state index < -0.39 is 0 Å². The van der Waals surface area contributed by atoms with Crippen molar-refractivity contribution in [1.82, 2.24) is 10.2 Å². The Morgan fingerprint density at radius 2 is 1.94 bits per heavy atom. The second kappa shape index (κ2) is 8.52. The van der Waals surface area contributed by atoms with Gasteiger partial charge in [-0.25, -0.2) is 0 Å². The number of amides is 1. The van der Waals surface area contributed by atoms with Crippen LogP contribution < -0.4 is 5.32 Å². The lowest BCUT2D eigenvalue weighted by molar-refractivity contribution is -0.135. The van der Waals surface area contributed by atoms with E-state index in [4.69, 9.17) is 0 Å². The van der Waals surface area contributed by atoms with Crippen LogP contribution in [0.1, 0.15) is 51.9 Å². The molecule has 0 saturated heterocycles. The van der Waals surface area contributed by atoms with E-state index in [0.29, 0.717) is 11.8 Å². The summed E-state index contributed by atoms with van der Waals surface area (Å²) in [4.78, 5) is 14.1. The van der Waals surface area contributed by atoms with Crippen LogP contribution in [0.4, 0.5) is 0 Å². The van der Waals surface area contributed by atoms with Crippen LogP contribution in [0.5, 0.6) is 0 Å². The molecule has 1 amide bonds. The summed E-state index contributed by atoms with van der Waals surface area (Å²) in [5.74, 6) is 1.54. The third-order valence-electron chi connectivity index (χ3n) is 4.24. The Bertz CT molecular complexity index is 235. The summed E-state index contributed by atoms with van der Waals surface area (Å²) < 4.78 is 0. The van der Waals surface area contributed by atoms with Crippen LogP contribution in [0.3, 0.4) is 0 Å². The molecule has 0 spiro atoms. The molecule has 3 heteroatoms. The Morgan fingerprint density at radius 1 is 1.28 bits per heavy atom. The number of rotatable bonds is 7. The van der Waals surface area contributed by atoms with Gasteiger partial charge in [0.1, 0.15) is 0 Å². The highest BCUT2D eigenvalue weighted by molar-refractivity contribution is 5.78. The predicted octanol–water partition coefficient (Wildman–Crippen LogP) is 2.66. The molecule has 0 bridgehead atoms. The van der Waals surface area contributed by atoms with Gasteiger partial charge in [-0.1, -0.05) is 26.2 Å². The SMILES string of the molecule is CCCCC1CCC(C(=O)N(C)CCNC)CC1. The predicted molar refractivity (Wildman–Crippen MR) is 76.5 cm³/mol. The maximum Gasteiger partial charge on any atom is 0.225 e. The molecule has 0 aromatic carbocycles. The van der Waals surface area contributed by atoms with Crippen molar-refractivity contribution in [1.29, 1.82) is 0 Å². The number of carbonyl (C=O) groups excluding carboxylic acids is 1. The molecule has 0 aromatic heterocycles.